The summed E-state index contributed by atoms with van der Waals surface area (Å²) in [5.41, 5.74) is 3.54. The molecule has 5 nitrogen and oxygen atoms in total. The van der Waals surface area contributed by atoms with E-state index in [1.165, 1.54) is 4.90 Å². The van der Waals surface area contributed by atoms with Crippen molar-refractivity contribution in [1.29, 1.82) is 0 Å². The molecule has 1 heterocycles. The fourth-order valence-corrected chi connectivity index (χ4v) is 3.55. The van der Waals surface area contributed by atoms with Gasteiger partial charge in [0.1, 0.15) is 11.4 Å². The van der Waals surface area contributed by atoms with E-state index in [9.17, 15) is 9.59 Å². The number of carbonyl (C=O) groups excluding carboxylic acids is 2. The van der Waals surface area contributed by atoms with Gasteiger partial charge in [0.05, 0.1) is 17.4 Å². The number of hydrogen-bond acceptors (Lipinski definition) is 4. The third-order valence-electron chi connectivity index (χ3n) is 4.90. The maximum absolute atomic E-state index is 13.4. The fourth-order valence-electron chi connectivity index (χ4n) is 3.55. The minimum Gasteiger partial charge on any atom is -0.491 e. The van der Waals surface area contributed by atoms with E-state index in [2.05, 4.69) is 5.32 Å². The lowest BCUT2D eigenvalue weighted by Crippen LogP contribution is -2.32. The Labute approximate surface area is 182 Å². The van der Waals surface area contributed by atoms with E-state index in [4.69, 9.17) is 4.74 Å². The third kappa shape index (κ3) is 4.21. The average molecular weight is 412 g/mol. The minimum absolute atomic E-state index is 0.0723. The van der Waals surface area contributed by atoms with E-state index in [0.717, 1.165) is 11.3 Å². The van der Waals surface area contributed by atoms with Crippen LogP contribution in [0.3, 0.4) is 0 Å². The minimum atomic E-state index is -0.378. The quantitative estimate of drug-likeness (QED) is 0.567. The largest absolute Gasteiger partial charge is 0.491 e. The van der Waals surface area contributed by atoms with Gasteiger partial charge in [0, 0.05) is 5.69 Å². The summed E-state index contributed by atoms with van der Waals surface area (Å²) >= 11 is 0. The van der Waals surface area contributed by atoms with Crippen molar-refractivity contribution in [3.05, 3.63) is 95.7 Å². The molecule has 0 aromatic heterocycles. The molecule has 0 aliphatic carbocycles. The molecular weight excluding hydrogens is 388 g/mol. The highest BCUT2D eigenvalue weighted by Gasteiger charge is 2.40. The van der Waals surface area contributed by atoms with E-state index < -0.39 is 0 Å². The molecule has 2 amide bonds. The molecule has 31 heavy (non-hydrogen) atoms. The summed E-state index contributed by atoms with van der Waals surface area (Å²) in [6, 6.07) is 24.0. The topological polar surface area (TPSA) is 58.6 Å². The molecule has 0 bridgehead atoms. The first-order valence-corrected chi connectivity index (χ1v) is 10.2. The van der Waals surface area contributed by atoms with Crippen LogP contribution in [0.15, 0.2) is 84.6 Å². The van der Waals surface area contributed by atoms with Crippen LogP contribution >= 0.6 is 0 Å². The molecule has 0 atom stereocenters. The Bertz CT molecular complexity index is 1150. The Morgan fingerprint density at radius 1 is 0.839 bits per heavy atom. The predicted octanol–water partition coefficient (Wildman–Crippen LogP) is 5.18. The van der Waals surface area contributed by atoms with Gasteiger partial charge in [0.2, 0.25) is 0 Å². The number of ether oxygens (including phenoxy) is 1. The van der Waals surface area contributed by atoms with Crippen LogP contribution in [0.25, 0.3) is 5.57 Å². The maximum atomic E-state index is 13.4. The van der Waals surface area contributed by atoms with Gasteiger partial charge in [-0.25, -0.2) is 4.90 Å². The molecular formula is C26H24N2O3. The number of aryl methyl sites for hydroxylation is 1. The number of imide groups is 1. The van der Waals surface area contributed by atoms with Gasteiger partial charge < -0.3 is 10.1 Å². The van der Waals surface area contributed by atoms with Crippen molar-refractivity contribution >= 4 is 28.8 Å². The Hall–Kier alpha value is -3.86. The summed E-state index contributed by atoms with van der Waals surface area (Å²) in [5.74, 6) is 0.0223. The zero-order valence-corrected chi connectivity index (χ0v) is 17.8. The lowest BCUT2D eigenvalue weighted by molar-refractivity contribution is -0.120. The molecule has 0 radical (unpaired) electrons. The van der Waals surface area contributed by atoms with Crippen LogP contribution in [0, 0.1) is 6.92 Å². The van der Waals surface area contributed by atoms with Gasteiger partial charge in [0.15, 0.2) is 0 Å². The van der Waals surface area contributed by atoms with Crippen molar-refractivity contribution in [2.45, 2.75) is 26.9 Å². The maximum Gasteiger partial charge on any atom is 0.282 e. The monoisotopic (exact) mass is 412 g/mol. The van der Waals surface area contributed by atoms with Gasteiger partial charge in [-0.05, 0) is 68.3 Å². The fraction of sp³-hybridized carbons (Fsp3) is 0.154. The molecule has 5 heteroatoms. The molecule has 3 aromatic carbocycles. The molecule has 1 N–H and O–H groups in total. The second-order valence-corrected chi connectivity index (χ2v) is 7.72. The van der Waals surface area contributed by atoms with E-state index in [-0.39, 0.29) is 23.6 Å². The van der Waals surface area contributed by atoms with Crippen LogP contribution in [-0.4, -0.2) is 17.9 Å². The molecule has 3 aromatic rings. The van der Waals surface area contributed by atoms with Crippen molar-refractivity contribution in [2.75, 3.05) is 10.2 Å². The summed E-state index contributed by atoms with van der Waals surface area (Å²) in [5, 5.41) is 3.18. The SMILES string of the molecule is Cc1cccc(N2C(=O)C(Nc3ccc(OC(C)C)cc3)=C(c3ccccc3)C2=O)c1. The first-order valence-electron chi connectivity index (χ1n) is 10.2. The normalized spacial score (nSPS) is 13.9. The molecule has 1 aliphatic rings. The van der Waals surface area contributed by atoms with Crippen LogP contribution in [0.4, 0.5) is 11.4 Å². The number of anilines is 2. The number of benzene rings is 3. The first-order chi connectivity index (χ1) is 14.9. The summed E-state index contributed by atoms with van der Waals surface area (Å²) in [4.78, 5) is 28.0. The molecule has 4 rings (SSSR count). The molecule has 0 fully saturated rings. The molecule has 156 valence electrons. The number of amides is 2. The van der Waals surface area contributed by atoms with E-state index >= 15 is 0 Å². The summed E-state index contributed by atoms with van der Waals surface area (Å²) in [7, 11) is 0. The van der Waals surface area contributed by atoms with Crippen LogP contribution in [0.2, 0.25) is 0 Å². The Kier molecular flexibility index (Phi) is 5.58. The molecule has 0 spiro atoms. The number of carbonyl (C=O) groups is 2. The van der Waals surface area contributed by atoms with E-state index in [1.54, 1.807) is 6.07 Å². The third-order valence-corrected chi connectivity index (χ3v) is 4.90. The Balaban J connectivity index is 1.73. The van der Waals surface area contributed by atoms with Gasteiger partial charge in [-0.1, -0.05) is 42.5 Å². The van der Waals surface area contributed by atoms with E-state index in [1.807, 2.05) is 93.6 Å². The second kappa shape index (κ2) is 8.48. The Morgan fingerprint density at radius 2 is 1.55 bits per heavy atom. The van der Waals surface area contributed by atoms with Gasteiger partial charge in [0.25, 0.3) is 11.8 Å². The predicted molar refractivity (Wildman–Crippen MR) is 123 cm³/mol. The first kappa shape index (κ1) is 20.4. The van der Waals surface area contributed by atoms with Crippen LogP contribution in [0.1, 0.15) is 25.0 Å². The molecule has 0 saturated heterocycles. The second-order valence-electron chi connectivity index (χ2n) is 7.72. The Morgan fingerprint density at radius 3 is 2.19 bits per heavy atom. The average Bonchev–Trinajstić information content (AvgIpc) is 2.99. The van der Waals surface area contributed by atoms with Gasteiger partial charge in [-0.3, -0.25) is 9.59 Å². The zero-order valence-electron chi connectivity index (χ0n) is 17.8. The highest BCUT2D eigenvalue weighted by molar-refractivity contribution is 6.46. The van der Waals surface area contributed by atoms with Crippen molar-refractivity contribution in [1.82, 2.24) is 0 Å². The lowest BCUT2D eigenvalue weighted by Gasteiger charge is -2.16. The molecule has 0 saturated carbocycles. The summed E-state index contributed by atoms with van der Waals surface area (Å²) < 4.78 is 5.68. The standard InChI is InChI=1S/C26H24N2O3/c1-17(2)31-22-14-12-20(13-15-22)27-24-23(19-9-5-4-6-10-19)25(29)28(26(24)30)21-11-7-8-18(3)16-21/h4-17,27H,1-3H3. The van der Waals surface area contributed by atoms with Gasteiger partial charge in [-0.15, -0.1) is 0 Å². The summed E-state index contributed by atoms with van der Waals surface area (Å²) in [6.45, 7) is 5.86. The van der Waals surface area contributed by atoms with Crippen LogP contribution < -0.4 is 15.0 Å². The molecule has 0 unspecified atom stereocenters. The highest BCUT2D eigenvalue weighted by atomic mass is 16.5. The summed E-state index contributed by atoms with van der Waals surface area (Å²) in [6.07, 6.45) is 0.0723. The van der Waals surface area contributed by atoms with Crippen LogP contribution in [-0.2, 0) is 9.59 Å². The van der Waals surface area contributed by atoms with Gasteiger partial charge in [-0.2, -0.15) is 0 Å². The van der Waals surface area contributed by atoms with Crippen molar-refractivity contribution in [2.24, 2.45) is 0 Å². The number of hydrogen-bond donors (Lipinski definition) is 1. The highest BCUT2D eigenvalue weighted by Crippen LogP contribution is 2.34. The smallest absolute Gasteiger partial charge is 0.282 e. The van der Waals surface area contributed by atoms with Crippen molar-refractivity contribution in [3.8, 4) is 5.75 Å². The zero-order chi connectivity index (χ0) is 22.0. The van der Waals surface area contributed by atoms with E-state index in [0.29, 0.717) is 22.5 Å². The van der Waals surface area contributed by atoms with Crippen molar-refractivity contribution in [3.63, 3.8) is 0 Å². The number of rotatable bonds is 6. The number of nitrogens with zero attached hydrogens (tertiary/aromatic N) is 1. The van der Waals surface area contributed by atoms with Crippen molar-refractivity contribution < 1.29 is 14.3 Å². The van der Waals surface area contributed by atoms with Gasteiger partial charge >= 0.3 is 0 Å². The molecule has 1 aliphatic heterocycles. The lowest BCUT2D eigenvalue weighted by atomic mass is 10.0. The number of nitrogens with one attached hydrogen (secondary N) is 1. The van der Waals surface area contributed by atoms with Crippen LogP contribution in [0.5, 0.6) is 5.75 Å².